The van der Waals surface area contributed by atoms with Crippen LogP contribution in [0.5, 0.6) is 0 Å². The molecule has 74 valence electrons. The van der Waals surface area contributed by atoms with Gasteiger partial charge in [0.25, 0.3) is 5.69 Å². The molecule has 0 unspecified atom stereocenters. The number of aliphatic hydroxyl groups is 1. The minimum absolute atomic E-state index is 0.119. The van der Waals surface area contributed by atoms with Crippen LogP contribution < -0.4 is 0 Å². The number of halogens is 1. The summed E-state index contributed by atoms with van der Waals surface area (Å²) < 4.78 is 13.1. The van der Waals surface area contributed by atoms with Gasteiger partial charge in [-0.2, -0.15) is 0 Å². The van der Waals surface area contributed by atoms with Gasteiger partial charge in [0, 0.05) is 6.07 Å². The Morgan fingerprint density at radius 2 is 2.29 bits per heavy atom. The Labute approximate surface area is 79.4 Å². The first kappa shape index (κ1) is 10.3. The van der Waals surface area contributed by atoms with E-state index in [-0.39, 0.29) is 17.9 Å². The quantitative estimate of drug-likeness (QED) is 0.592. The van der Waals surface area contributed by atoms with Gasteiger partial charge in [-0.25, -0.2) is 4.39 Å². The van der Waals surface area contributed by atoms with E-state index in [1.54, 1.807) is 0 Å². The summed E-state index contributed by atoms with van der Waals surface area (Å²) in [6, 6.07) is 3.61. The summed E-state index contributed by atoms with van der Waals surface area (Å²) in [7, 11) is 0. The Morgan fingerprint density at radius 1 is 1.57 bits per heavy atom. The van der Waals surface area contributed by atoms with Crippen LogP contribution in [0.2, 0.25) is 0 Å². The summed E-state index contributed by atoms with van der Waals surface area (Å²) in [4.78, 5) is 9.81. The normalized spacial score (nSPS) is 10.7. The molecule has 0 amide bonds. The average Bonchev–Trinajstić information content (AvgIpc) is 2.15. The van der Waals surface area contributed by atoms with E-state index in [1.807, 2.05) is 0 Å². The minimum Gasteiger partial charge on any atom is -0.392 e. The van der Waals surface area contributed by atoms with Gasteiger partial charge in [-0.3, -0.25) is 10.1 Å². The van der Waals surface area contributed by atoms with Crippen LogP contribution in [0.3, 0.4) is 0 Å². The van der Waals surface area contributed by atoms with Crippen molar-refractivity contribution in [2.24, 2.45) is 0 Å². The van der Waals surface area contributed by atoms with E-state index in [9.17, 15) is 14.5 Å². The zero-order chi connectivity index (χ0) is 10.6. The lowest BCUT2D eigenvalue weighted by Crippen LogP contribution is -1.94. The van der Waals surface area contributed by atoms with Gasteiger partial charge in [0.1, 0.15) is 5.82 Å². The second-order valence-corrected chi connectivity index (χ2v) is 2.51. The molecule has 0 saturated heterocycles. The van der Waals surface area contributed by atoms with Crippen molar-refractivity contribution < 1.29 is 14.4 Å². The van der Waals surface area contributed by atoms with E-state index in [1.165, 1.54) is 24.3 Å². The Kier molecular flexibility index (Phi) is 3.30. The number of hydrogen-bond donors (Lipinski definition) is 1. The molecule has 5 heteroatoms. The predicted octanol–water partition coefficient (Wildman–Crippen LogP) is 1.74. The van der Waals surface area contributed by atoms with Gasteiger partial charge < -0.3 is 5.11 Å². The van der Waals surface area contributed by atoms with Crippen LogP contribution in [0.15, 0.2) is 24.3 Å². The van der Waals surface area contributed by atoms with E-state index in [4.69, 9.17) is 5.11 Å². The van der Waals surface area contributed by atoms with Gasteiger partial charge in [0.15, 0.2) is 0 Å². The van der Waals surface area contributed by atoms with Gasteiger partial charge in [-0.05, 0) is 12.1 Å². The number of benzene rings is 1. The highest BCUT2D eigenvalue weighted by Gasteiger charge is 2.14. The lowest BCUT2D eigenvalue weighted by molar-refractivity contribution is -0.385. The van der Waals surface area contributed by atoms with E-state index >= 15 is 0 Å². The fourth-order valence-electron chi connectivity index (χ4n) is 1.02. The average molecular weight is 197 g/mol. The molecule has 0 aliphatic heterocycles. The van der Waals surface area contributed by atoms with Crippen LogP contribution >= 0.6 is 0 Å². The Hall–Kier alpha value is -1.75. The summed E-state index contributed by atoms with van der Waals surface area (Å²) >= 11 is 0. The first-order valence-electron chi connectivity index (χ1n) is 3.87. The van der Waals surface area contributed by atoms with E-state index in [2.05, 4.69) is 0 Å². The van der Waals surface area contributed by atoms with Crippen LogP contribution in [0.4, 0.5) is 10.1 Å². The topological polar surface area (TPSA) is 63.4 Å². The van der Waals surface area contributed by atoms with Crippen LogP contribution in [-0.2, 0) is 0 Å². The van der Waals surface area contributed by atoms with Crippen molar-refractivity contribution in [3.8, 4) is 0 Å². The third kappa shape index (κ3) is 2.14. The molecular formula is C9H8FNO3. The number of aliphatic hydroxyl groups excluding tert-OH is 1. The van der Waals surface area contributed by atoms with Gasteiger partial charge >= 0.3 is 0 Å². The molecule has 1 aromatic rings. The fraction of sp³-hybridized carbons (Fsp3) is 0.111. The van der Waals surface area contributed by atoms with Crippen molar-refractivity contribution in [1.29, 1.82) is 0 Å². The highest BCUT2D eigenvalue weighted by molar-refractivity contribution is 5.61. The molecule has 0 radical (unpaired) electrons. The molecule has 1 N–H and O–H groups in total. The van der Waals surface area contributed by atoms with E-state index in [0.29, 0.717) is 0 Å². The Balaban J connectivity index is 3.22. The first-order chi connectivity index (χ1) is 6.66. The second kappa shape index (κ2) is 4.48. The Bertz CT molecular complexity index is 376. The van der Waals surface area contributed by atoms with Gasteiger partial charge in [0.05, 0.1) is 17.1 Å². The molecule has 0 aliphatic rings. The summed E-state index contributed by atoms with van der Waals surface area (Å²) in [6.07, 6.45) is 2.43. The number of rotatable bonds is 3. The largest absolute Gasteiger partial charge is 0.392 e. The lowest BCUT2D eigenvalue weighted by Gasteiger charge is -1.98. The number of nitrogens with zero attached hydrogens (tertiary/aromatic N) is 1. The monoisotopic (exact) mass is 197 g/mol. The highest BCUT2D eigenvalue weighted by Crippen LogP contribution is 2.22. The smallest absolute Gasteiger partial charge is 0.279 e. The van der Waals surface area contributed by atoms with Crippen molar-refractivity contribution in [3.05, 3.63) is 45.8 Å². The maximum absolute atomic E-state index is 13.1. The summed E-state index contributed by atoms with van der Waals surface area (Å²) in [6.45, 7) is -0.286. The fourth-order valence-corrected chi connectivity index (χ4v) is 1.02. The van der Waals surface area contributed by atoms with Crippen LogP contribution in [-0.4, -0.2) is 16.6 Å². The zero-order valence-corrected chi connectivity index (χ0v) is 7.18. The molecule has 0 saturated carbocycles. The number of nitro benzene ring substituents is 1. The van der Waals surface area contributed by atoms with Crippen molar-refractivity contribution in [2.75, 3.05) is 6.61 Å². The molecular weight excluding hydrogens is 189 g/mol. The van der Waals surface area contributed by atoms with Crippen molar-refractivity contribution in [3.63, 3.8) is 0 Å². The molecule has 1 aromatic carbocycles. The third-order valence-electron chi connectivity index (χ3n) is 1.62. The molecule has 14 heavy (non-hydrogen) atoms. The van der Waals surface area contributed by atoms with Crippen molar-refractivity contribution in [1.82, 2.24) is 0 Å². The molecule has 0 bridgehead atoms. The Morgan fingerprint density at radius 3 is 2.86 bits per heavy atom. The van der Waals surface area contributed by atoms with E-state index < -0.39 is 10.7 Å². The maximum Gasteiger partial charge on any atom is 0.279 e. The van der Waals surface area contributed by atoms with Gasteiger partial charge in [-0.1, -0.05) is 12.1 Å². The lowest BCUT2D eigenvalue weighted by atomic mass is 10.1. The molecule has 0 heterocycles. The molecule has 0 fully saturated rings. The van der Waals surface area contributed by atoms with Crippen LogP contribution in [0.1, 0.15) is 5.56 Å². The van der Waals surface area contributed by atoms with Gasteiger partial charge in [0.2, 0.25) is 0 Å². The summed E-state index contributed by atoms with van der Waals surface area (Å²) in [5.41, 5.74) is -0.429. The molecule has 0 aliphatic carbocycles. The van der Waals surface area contributed by atoms with Crippen molar-refractivity contribution >= 4 is 11.8 Å². The molecule has 1 rings (SSSR count). The highest BCUT2D eigenvalue weighted by atomic mass is 19.1. The third-order valence-corrected chi connectivity index (χ3v) is 1.62. The molecule has 4 nitrogen and oxygen atoms in total. The predicted molar refractivity (Wildman–Crippen MR) is 49.2 cm³/mol. The standard InChI is InChI=1S/C9H8FNO3/c10-8-4-1-5-9(11(13)14)7(8)3-2-6-12/h1-5,12H,6H2/b3-2+. The van der Waals surface area contributed by atoms with Crippen LogP contribution in [0, 0.1) is 15.9 Å². The van der Waals surface area contributed by atoms with Crippen molar-refractivity contribution in [2.45, 2.75) is 0 Å². The van der Waals surface area contributed by atoms with Gasteiger partial charge in [-0.15, -0.1) is 0 Å². The van der Waals surface area contributed by atoms with Crippen LogP contribution in [0.25, 0.3) is 6.08 Å². The molecule has 0 spiro atoms. The maximum atomic E-state index is 13.1. The zero-order valence-electron chi connectivity index (χ0n) is 7.18. The number of nitro groups is 1. The second-order valence-electron chi connectivity index (χ2n) is 2.51. The van der Waals surface area contributed by atoms with E-state index in [0.717, 1.165) is 6.07 Å². The molecule has 0 atom stereocenters. The summed E-state index contributed by atoms with van der Waals surface area (Å²) in [5, 5.41) is 18.9. The molecule has 0 aromatic heterocycles. The first-order valence-corrected chi connectivity index (χ1v) is 3.87. The summed E-state index contributed by atoms with van der Waals surface area (Å²) in [5.74, 6) is -0.677. The SMILES string of the molecule is O=[N+]([O-])c1cccc(F)c1/C=C/CO. The number of hydrogen-bond acceptors (Lipinski definition) is 3. The minimum atomic E-state index is -0.677.